The van der Waals surface area contributed by atoms with Gasteiger partial charge in [0.15, 0.2) is 0 Å². The lowest BCUT2D eigenvalue weighted by atomic mass is 9.88. The molecule has 4 rings (SSSR count). The summed E-state index contributed by atoms with van der Waals surface area (Å²) in [6.45, 7) is 4.05. The molecule has 2 amide bonds. The number of carbonyl (C=O) groups excluding carboxylic acids is 2. The Morgan fingerprint density at radius 3 is 2.09 bits per heavy atom. The number of benzene rings is 3. The number of imidazole rings is 1. The Kier molecular flexibility index (Phi) is 7.38. The Labute approximate surface area is 200 Å². The minimum atomic E-state index is -0.307. The van der Waals surface area contributed by atoms with Crippen LogP contribution in [0, 0.1) is 0 Å². The van der Waals surface area contributed by atoms with Crippen molar-refractivity contribution in [3.8, 4) is 0 Å². The molecule has 3 aromatic carbocycles. The van der Waals surface area contributed by atoms with Gasteiger partial charge in [-0.1, -0.05) is 72.8 Å². The highest BCUT2D eigenvalue weighted by Gasteiger charge is 2.19. The zero-order valence-corrected chi connectivity index (χ0v) is 19.6. The van der Waals surface area contributed by atoms with Crippen molar-refractivity contribution >= 4 is 22.8 Å². The molecular weight excluding hydrogens is 424 g/mol. The summed E-state index contributed by atoms with van der Waals surface area (Å²) in [6, 6.07) is 28.1. The average molecular weight is 455 g/mol. The van der Waals surface area contributed by atoms with Crippen LogP contribution >= 0.6 is 0 Å². The van der Waals surface area contributed by atoms with Gasteiger partial charge in [0.1, 0.15) is 12.4 Å². The van der Waals surface area contributed by atoms with Crippen molar-refractivity contribution in [1.82, 2.24) is 20.2 Å². The summed E-state index contributed by atoms with van der Waals surface area (Å²) >= 11 is 0. The first-order valence-corrected chi connectivity index (χ1v) is 11.6. The Bertz CT molecular complexity index is 1210. The first-order chi connectivity index (χ1) is 16.5. The predicted octanol–water partition coefficient (Wildman–Crippen LogP) is 4.57. The maximum absolute atomic E-state index is 13.0. The Hall–Kier alpha value is -3.93. The summed E-state index contributed by atoms with van der Waals surface area (Å²) in [5.74, 6) is 0.646. The van der Waals surface area contributed by atoms with E-state index in [4.69, 9.17) is 0 Å². The molecule has 6 heteroatoms. The molecule has 174 valence electrons. The molecule has 0 fully saturated rings. The van der Waals surface area contributed by atoms with Crippen LogP contribution in [0.15, 0.2) is 84.9 Å². The van der Waals surface area contributed by atoms with Crippen LogP contribution in [-0.4, -0.2) is 27.9 Å². The highest BCUT2D eigenvalue weighted by atomic mass is 16.2. The molecule has 0 saturated carbocycles. The molecule has 0 aliphatic rings. The molecule has 0 radical (unpaired) electrons. The van der Waals surface area contributed by atoms with Crippen molar-refractivity contribution in [2.75, 3.05) is 6.54 Å². The molecule has 34 heavy (non-hydrogen) atoms. The fourth-order valence-electron chi connectivity index (χ4n) is 4.41. The van der Waals surface area contributed by atoms with Gasteiger partial charge in [-0.25, -0.2) is 4.98 Å². The summed E-state index contributed by atoms with van der Waals surface area (Å²) in [5, 5.41) is 5.96. The van der Waals surface area contributed by atoms with Crippen molar-refractivity contribution in [2.24, 2.45) is 0 Å². The average Bonchev–Trinajstić information content (AvgIpc) is 3.21. The van der Waals surface area contributed by atoms with Crippen molar-refractivity contribution in [1.29, 1.82) is 0 Å². The van der Waals surface area contributed by atoms with E-state index in [-0.39, 0.29) is 30.3 Å². The summed E-state index contributed by atoms with van der Waals surface area (Å²) in [7, 11) is 0. The normalized spacial score (nSPS) is 12.0. The molecule has 0 aliphatic carbocycles. The van der Waals surface area contributed by atoms with Gasteiger partial charge in [0.05, 0.1) is 17.1 Å². The van der Waals surface area contributed by atoms with Crippen LogP contribution in [0.1, 0.15) is 49.2 Å². The number of carbonyl (C=O) groups is 2. The molecule has 1 heterocycles. The van der Waals surface area contributed by atoms with Crippen LogP contribution in [0.4, 0.5) is 0 Å². The highest BCUT2D eigenvalue weighted by Crippen LogP contribution is 2.27. The minimum Gasteiger partial charge on any atom is -0.355 e. The van der Waals surface area contributed by atoms with Gasteiger partial charge in [-0.15, -0.1) is 0 Å². The zero-order valence-electron chi connectivity index (χ0n) is 19.6. The fraction of sp³-hybridized carbons (Fsp3) is 0.250. The number of hydrogen-bond acceptors (Lipinski definition) is 3. The van der Waals surface area contributed by atoms with Crippen molar-refractivity contribution < 1.29 is 9.59 Å². The van der Waals surface area contributed by atoms with Gasteiger partial charge in [-0.05, 0) is 36.6 Å². The molecular formula is C28H30N4O2. The van der Waals surface area contributed by atoms with E-state index < -0.39 is 0 Å². The Morgan fingerprint density at radius 2 is 1.47 bits per heavy atom. The van der Waals surface area contributed by atoms with E-state index in [0.29, 0.717) is 12.4 Å². The van der Waals surface area contributed by atoms with E-state index in [1.54, 1.807) is 0 Å². The molecule has 2 N–H and O–H groups in total. The molecule has 0 saturated heterocycles. The zero-order chi connectivity index (χ0) is 23.9. The number of hydrogen-bond donors (Lipinski definition) is 2. The molecule has 1 aromatic heterocycles. The summed E-state index contributed by atoms with van der Waals surface area (Å²) < 4.78 is 1.89. The molecule has 1 atom stereocenters. The maximum atomic E-state index is 13.0. The lowest BCUT2D eigenvalue weighted by molar-refractivity contribution is -0.121. The molecule has 0 unspecified atom stereocenters. The quantitative estimate of drug-likeness (QED) is 0.389. The molecule has 0 bridgehead atoms. The van der Waals surface area contributed by atoms with Crippen LogP contribution in [0.5, 0.6) is 0 Å². The van der Waals surface area contributed by atoms with E-state index in [2.05, 4.69) is 39.9 Å². The third-order valence-electron chi connectivity index (χ3n) is 5.95. The van der Waals surface area contributed by atoms with E-state index >= 15 is 0 Å². The maximum Gasteiger partial charge on any atom is 0.240 e. The largest absolute Gasteiger partial charge is 0.355 e. The van der Waals surface area contributed by atoms with E-state index in [0.717, 1.165) is 17.5 Å². The van der Waals surface area contributed by atoms with Crippen LogP contribution in [0.25, 0.3) is 11.0 Å². The van der Waals surface area contributed by atoms with Crippen LogP contribution in [0.2, 0.25) is 0 Å². The molecule has 4 aromatic rings. The second-order valence-electron chi connectivity index (χ2n) is 8.48. The summed E-state index contributed by atoms with van der Waals surface area (Å²) in [4.78, 5) is 29.2. The van der Waals surface area contributed by atoms with Crippen molar-refractivity contribution in [3.63, 3.8) is 0 Å². The number of nitrogens with one attached hydrogen (secondary N) is 2. The standard InChI is InChI=1S/C28H30N4O2/c1-20(30-21(2)33)28-31-25-15-9-10-16-26(25)32(28)19-27(34)29-18-17-24(22-11-5-3-6-12-22)23-13-7-4-8-14-23/h3-16,20,24H,17-19H2,1-2H3,(H,29,34)(H,30,33)/t20-/m1/s1. The van der Waals surface area contributed by atoms with Gasteiger partial charge in [0.25, 0.3) is 0 Å². The summed E-state index contributed by atoms with van der Waals surface area (Å²) in [5.41, 5.74) is 4.14. The van der Waals surface area contributed by atoms with Gasteiger partial charge in [0.2, 0.25) is 11.8 Å². The van der Waals surface area contributed by atoms with Gasteiger partial charge in [0, 0.05) is 19.4 Å². The Morgan fingerprint density at radius 1 is 0.882 bits per heavy atom. The summed E-state index contributed by atoms with van der Waals surface area (Å²) in [6.07, 6.45) is 0.791. The number of rotatable bonds is 9. The Balaban J connectivity index is 1.47. The fourth-order valence-corrected chi connectivity index (χ4v) is 4.41. The number of fused-ring (bicyclic) bond motifs is 1. The van der Waals surface area contributed by atoms with Gasteiger partial charge in [-0.3, -0.25) is 9.59 Å². The SMILES string of the molecule is CC(=O)N[C@H](C)c1nc2ccccc2n1CC(=O)NCCC(c1ccccc1)c1ccccc1. The topological polar surface area (TPSA) is 76.0 Å². The van der Waals surface area contributed by atoms with Crippen LogP contribution in [-0.2, 0) is 16.1 Å². The molecule has 6 nitrogen and oxygen atoms in total. The van der Waals surface area contributed by atoms with E-state index in [1.807, 2.05) is 72.2 Å². The molecule has 0 aliphatic heterocycles. The van der Waals surface area contributed by atoms with E-state index in [9.17, 15) is 9.59 Å². The molecule has 0 spiro atoms. The number of aromatic nitrogens is 2. The van der Waals surface area contributed by atoms with Crippen molar-refractivity contribution in [3.05, 3.63) is 102 Å². The highest BCUT2D eigenvalue weighted by molar-refractivity contribution is 5.81. The lowest BCUT2D eigenvalue weighted by Gasteiger charge is -2.19. The first-order valence-electron chi connectivity index (χ1n) is 11.6. The van der Waals surface area contributed by atoms with Crippen LogP contribution in [0.3, 0.4) is 0 Å². The number of amides is 2. The minimum absolute atomic E-state index is 0.0840. The second kappa shape index (κ2) is 10.8. The second-order valence-corrected chi connectivity index (χ2v) is 8.48. The third-order valence-corrected chi connectivity index (χ3v) is 5.95. The van der Waals surface area contributed by atoms with Crippen LogP contribution < -0.4 is 10.6 Å². The first kappa shape index (κ1) is 23.2. The lowest BCUT2D eigenvalue weighted by Crippen LogP contribution is -2.32. The van der Waals surface area contributed by atoms with E-state index in [1.165, 1.54) is 18.1 Å². The smallest absolute Gasteiger partial charge is 0.240 e. The monoisotopic (exact) mass is 454 g/mol. The van der Waals surface area contributed by atoms with Crippen molar-refractivity contribution in [2.45, 2.75) is 38.8 Å². The number of nitrogens with zero attached hydrogens (tertiary/aromatic N) is 2. The number of para-hydroxylation sites is 2. The predicted molar refractivity (Wildman–Crippen MR) is 134 cm³/mol. The third kappa shape index (κ3) is 5.52. The van der Waals surface area contributed by atoms with Gasteiger partial charge < -0.3 is 15.2 Å². The van der Waals surface area contributed by atoms with Gasteiger partial charge in [-0.2, -0.15) is 0 Å². The van der Waals surface area contributed by atoms with Gasteiger partial charge >= 0.3 is 0 Å².